The molecule has 22 heavy (non-hydrogen) atoms. The molecule has 0 saturated carbocycles. The molecule has 0 radical (unpaired) electrons. The van der Waals surface area contributed by atoms with Crippen molar-refractivity contribution in [2.75, 3.05) is 13.1 Å². The molecule has 0 aromatic heterocycles. The summed E-state index contributed by atoms with van der Waals surface area (Å²) in [5.74, 6) is -0.0525. The van der Waals surface area contributed by atoms with Crippen LogP contribution in [0.2, 0.25) is 0 Å². The highest BCUT2D eigenvalue weighted by Gasteiger charge is 2.40. The molecule has 1 spiro atoms. The first-order valence-corrected chi connectivity index (χ1v) is 7.90. The predicted octanol–water partition coefficient (Wildman–Crippen LogP) is 2.03. The fraction of sp³-hybridized carbons (Fsp3) is 0.529. The Morgan fingerprint density at radius 2 is 1.95 bits per heavy atom. The van der Waals surface area contributed by atoms with Crippen LogP contribution in [0.15, 0.2) is 24.3 Å². The van der Waals surface area contributed by atoms with Gasteiger partial charge in [-0.3, -0.25) is 9.59 Å². The molecule has 1 aromatic carbocycles. The van der Waals surface area contributed by atoms with Crippen LogP contribution >= 0.6 is 0 Å². The molecule has 4 nitrogen and oxygen atoms in total. The molecule has 1 N–H and O–H groups in total. The number of hydrogen-bond acceptors (Lipinski definition) is 2. The Morgan fingerprint density at radius 1 is 1.23 bits per heavy atom. The number of carbonyl (C=O) groups is 2. The number of carbonyl (C=O) groups excluding carboxylic acids is 2. The van der Waals surface area contributed by atoms with Crippen molar-refractivity contribution in [3.63, 3.8) is 0 Å². The van der Waals surface area contributed by atoms with Gasteiger partial charge in [0.15, 0.2) is 0 Å². The van der Waals surface area contributed by atoms with Crippen LogP contribution in [0.3, 0.4) is 0 Å². The van der Waals surface area contributed by atoms with Crippen molar-refractivity contribution in [3.8, 4) is 0 Å². The quantitative estimate of drug-likeness (QED) is 0.929. The lowest BCUT2D eigenvalue weighted by Crippen LogP contribution is -2.52. The van der Waals surface area contributed by atoms with Crippen molar-refractivity contribution >= 4 is 11.8 Å². The van der Waals surface area contributed by atoms with Gasteiger partial charge in [-0.25, -0.2) is 4.39 Å². The van der Waals surface area contributed by atoms with Crippen LogP contribution in [0.1, 0.15) is 37.7 Å². The molecule has 2 amide bonds. The Bertz CT molecular complexity index is 580. The number of amides is 2. The van der Waals surface area contributed by atoms with Gasteiger partial charge in [0.25, 0.3) is 0 Å². The molecule has 2 aliphatic heterocycles. The van der Waals surface area contributed by atoms with Crippen molar-refractivity contribution in [3.05, 3.63) is 35.6 Å². The first-order valence-electron chi connectivity index (χ1n) is 7.90. The van der Waals surface area contributed by atoms with Crippen molar-refractivity contribution in [2.24, 2.45) is 0 Å². The van der Waals surface area contributed by atoms with Gasteiger partial charge in [-0.15, -0.1) is 0 Å². The number of nitrogens with zero attached hydrogens (tertiary/aromatic N) is 1. The molecule has 1 aromatic rings. The number of benzene rings is 1. The third-order valence-electron chi connectivity index (χ3n) is 4.87. The lowest BCUT2D eigenvalue weighted by atomic mass is 9.86. The average molecular weight is 304 g/mol. The molecule has 0 atom stereocenters. The first kappa shape index (κ1) is 15.0. The normalized spacial score (nSPS) is 20.2. The van der Waals surface area contributed by atoms with E-state index >= 15 is 0 Å². The minimum atomic E-state index is -0.249. The van der Waals surface area contributed by atoms with Crippen LogP contribution in [0.5, 0.6) is 0 Å². The van der Waals surface area contributed by atoms with Crippen molar-refractivity contribution in [1.82, 2.24) is 10.2 Å². The van der Waals surface area contributed by atoms with E-state index in [-0.39, 0.29) is 23.2 Å². The van der Waals surface area contributed by atoms with E-state index in [0.717, 1.165) is 19.3 Å². The van der Waals surface area contributed by atoms with E-state index < -0.39 is 0 Å². The molecule has 0 aliphatic carbocycles. The SMILES string of the molecule is O=C1CCC2(CCN(C(=O)CCc3ccccc3F)CC2)N1. The Morgan fingerprint density at radius 3 is 2.59 bits per heavy atom. The lowest BCUT2D eigenvalue weighted by molar-refractivity contribution is -0.132. The fourth-order valence-electron chi connectivity index (χ4n) is 3.43. The summed E-state index contributed by atoms with van der Waals surface area (Å²) in [7, 11) is 0. The van der Waals surface area contributed by atoms with Gasteiger partial charge in [-0.1, -0.05) is 18.2 Å². The van der Waals surface area contributed by atoms with E-state index in [2.05, 4.69) is 5.32 Å². The summed E-state index contributed by atoms with van der Waals surface area (Å²) in [5, 5.41) is 3.07. The summed E-state index contributed by atoms with van der Waals surface area (Å²) in [6.07, 6.45) is 3.89. The molecule has 5 heteroatoms. The second-order valence-electron chi connectivity index (χ2n) is 6.30. The van der Waals surface area contributed by atoms with Crippen LogP contribution in [-0.4, -0.2) is 35.3 Å². The number of piperidine rings is 1. The molecule has 118 valence electrons. The van der Waals surface area contributed by atoms with Crippen LogP contribution in [0.25, 0.3) is 0 Å². The van der Waals surface area contributed by atoms with Gasteiger partial charge in [-0.2, -0.15) is 0 Å². The minimum Gasteiger partial charge on any atom is -0.351 e. The lowest BCUT2D eigenvalue weighted by Gasteiger charge is -2.39. The van der Waals surface area contributed by atoms with E-state index in [9.17, 15) is 14.0 Å². The molecule has 2 fully saturated rings. The van der Waals surface area contributed by atoms with Gasteiger partial charge in [0.05, 0.1) is 0 Å². The van der Waals surface area contributed by atoms with Crippen LogP contribution in [-0.2, 0) is 16.0 Å². The van der Waals surface area contributed by atoms with Gasteiger partial charge in [-0.05, 0) is 37.3 Å². The molecule has 0 unspecified atom stereocenters. The van der Waals surface area contributed by atoms with Crippen LogP contribution in [0.4, 0.5) is 4.39 Å². The molecule has 2 saturated heterocycles. The smallest absolute Gasteiger partial charge is 0.222 e. The maximum Gasteiger partial charge on any atom is 0.222 e. The molecule has 2 aliphatic rings. The number of nitrogens with one attached hydrogen (secondary N) is 1. The topological polar surface area (TPSA) is 49.4 Å². The standard InChI is InChI=1S/C17H21FN2O2/c18-14-4-2-1-3-13(14)5-6-16(22)20-11-9-17(10-12-20)8-7-15(21)19-17/h1-4H,5-12H2,(H,19,21). The number of rotatable bonds is 3. The largest absolute Gasteiger partial charge is 0.351 e. The maximum atomic E-state index is 13.6. The summed E-state index contributed by atoms with van der Waals surface area (Å²) < 4.78 is 13.6. The molecule has 3 rings (SSSR count). The zero-order valence-corrected chi connectivity index (χ0v) is 12.6. The summed E-state index contributed by atoms with van der Waals surface area (Å²) in [6.45, 7) is 1.35. The van der Waals surface area contributed by atoms with Gasteiger partial charge >= 0.3 is 0 Å². The van der Waals surface area contributed by atoms with E-state index in [1.165, 1.54) is 6.07 Å². The summed E-state index contributed by atoms with van der Waals surface area (Å²) in [5.41, 5.74) is 0.506. The van der Waals surface area contributed by atoms with E-state index in [0.29, 0.717) is 37.9 Å². The van der Waals surface area contributed by atoms with Crippen LogP contribution < -0.4 is 5.32 Å². The van der Waals surface area contributed by atoms with Gasteiger partial charge in [0.1, 0.15) is 5.82 Å². The Labute approximate surface area is 129 Å². The molecule has 2 heterocycles. The third-order valence-corrected chi connectivity index (χ3v) is 4.87. The van der Waals surface area contributed by atoms with Crippen LogP contribution in [0, 0.1) is 5.82 Å². The van der Waals surface area contributed by atoms with Crippen molar-refractivity contribution < 1.29 is 14.0 Å². The number of hydrogen-bond donors (Lipinski definition) is 1. The average Bonchev–Trinajstić information content (AvgIpc) is 2.87. The van der Waals surface area contributed by atoms with Crippen molar-refractivity contribution in [2.45, 2.75) is 44.1 Å². The summed E-state index contributed by atoms with van der Waals surface area (Å²) in [4.78, 5) is 25.5. The number of likely N-dealkylation sites (tertiary alicyclic amines) is 1. The van der Waals surface area contributed by atoms with Gasteiger partial charge in [0, 0.05) is 31.5 Å². The molecule has 0 bridgehead atoms. The Hall–Kier alpha value is -1.91. The first-order chi connectivity index (χ1) is 10.6. The van der Waals surface area contributed by atoms with E-state index in [4.69, 9.17) is 0 Å². The van der Waals surface area contributed by atoms with Crippen molar-refractivity contribution in [1.29, 1.82) is 0 Å². The zero-order chi connectivity index (χ0) is 15.6. The highest BCUT2D eigenvalue weighted by Crippen LogP contribution is 2.31. The van der Waals surface area contributed by atoms with E-state index in [1.807, 2.05) is 4.90 Å². The second kappa shape index (κ2) is 6.07. The van der Waals surface area contributed by atoms with E-state index in [1.54, 1.807) is 18.2 Å². The molecular formula is C17H21FN2O2. The highest BCUT2D eigenvalue weighted by molar-refractivity contribution is 5.80. The third kappa shape index (κ3) is 3.13. The Kier molecular flexibility index (Phi) is 4.14. The monoisotopic (exact) mass is 304 g/mol. The molecular weight excluding hydrogens is 283 g/mol. The maximum absolute atomic E-state index is 13.6. The summed E-state index contributed by atoms with van der Waals surface area (Å²) >= 11 is 0. The van der Waals surface area contributed by atoms with Gasteiger partial charge in [0.2, 0.25) is 11.8 Å². The fourth-order valence-corrected chi connectivity index (χ4v) is 3.43. The highest BCUT2D eigenvalue weighted by atomic mass is 19.1. The number of halogens is 1. The Balaban J connectivity index is 1.50. The number of aryl methyl sites for hydroxylation is 1. The second-order valence-corrected chi connectivity index (χ2v) is 6.30. The summed E-state index contributed by atoms with van der Waals surface area (Å²) in [6, 6.07) is 6.59. The minimum absolute atomic E-state index is 0.0717. The zero-order valence-electron chi connectivity index (χ0n) is 12.6. The van der Waals surface area contributed by atoms with Gasteiger partial charge < -0.3 is 10.2 Å². The predicted molar refractivity (Wildman–Crippen MR) is 80.6 cm³/mol.